The molecule has 3 rings (SSSR count). The summed E-state index contributed by atoms with van der Waals surface area (Å²) in [4.78, 5) is 2.80. The van der Waals surface area contributed by atoms with Crippen molar-refractivity contribution in [2.75, 3.05) is 26.2 Å². The smallest absolute Gasteiger partial charge is 0.0702 e. The van der Waals surface area contributed by atoms with E-state index < -0.39 is 0 Å². The number of piperazine rings is 1. The second-order valence-electron chi connectivity index (χ2n) is 8.23. The molecule has 0 spiro atoms. The van der Waals surface area contributed by atoms with E-state index in [2.05, 4.69) is 31.0 Å². The van der Waals surface area contributed by atoms with E-state index in [-0.39, 0.29) is 0 Å². The zero-order valence-electron chi connectivity index (χ0n) is 14.2. The maximum atomic E-state index is 6.03. The van der Waals surface area contributed by atoms with Crippen LogP contribution in [-0.4, -0.2) is 48.8 Å². The van der Waals surface area contributed by atoms with Gasteiger partial charge < -0.3 is 10.1 Å². The fourth-order valence-electron chi connectivity index (χ4n) is 4.32. The topological polar surface area (TPSA) is 24.5 Å². The van der Waals surface area contributed by atoms with Gasteiger partial charge in [-0.3, -0.25) is 4.90 Å². The summed E-state index contributed by atoms with van der Waals surface area (Å²) in [5.41, 5.74) is 0.369. The first-order valence-electron chi connectivity index (χ1n) is 9.18. The largest absolute Gasteiger partial charge is 0.377 e. The first-order chi connectivity index (χ1) is 10.1. The van der Waals surface area contributed by atoms with E-state index in [1.54, 1.807) is 0 Å². The summed E-state index contributed by atoms with van der Waals surface area (Å²) in [5, 5.41) is 3.85. The van der Waals surface area contributed by atoms with Crippen LogP contribution in [0.3, 0.4) is 0 Å². The average Bonchev–Trinajstić information content (AvgIpc) is 3.28. The number of nitrogens with one attached hydrogen (secondary N) is 1. The molecule has 0 aromatic carbocycles. The van der Waals surface area contributed by atoms with Gasteiger partial charge in [-0.15, -0.1) is 0 Å². The Bertz CT molecular complexity index is 336. The first kappa shape index (κ1) is 15.8. The van der Waals surface area contributed by atoms with Gasteiger partial charge in [0.2, 0.25) is 0 Å². The number of rotatable bonds is 5. The molecule has 0 amide bonds. The minimum atomic E-state index is 0.369. The number of hydrogen-bond donors (Lipinski definition) is 1. The summed E-state index contributed by atoms with van der Waals surface area (Å²) >= 11 is 0. The Kier molecular flexibility index (Phi) is 4.92. The van der Waals surface area contributed by atoms with E-state index in [0.29, 0.717) is 17.7 Å². The molecule has 3 unspecified atom stereocenters. The lowest BCUT2D eigenvalue weighted by Crippen LogP contribution is -2.65. The Labute approximate surface area is 130 Å². The van der Waals surface area contributed by atoms with Crippen LogP contribution in [0.1, 0.15) is 59.3 Å². The molecule has 3 nitrogen and oxygen atoms in total. The van der Waals surface area contributed by atoms with Crippen molar-refractivity contribution >= 4 is 0 Å². The highest BCUT2D eigenvalue weighted by Gasteiger charge is 2.48. The van der Waals surface area contributed by atoms with Crippen LogP contribution in [-0.2, 0) is 4.74 Å². The molecule has 1 saturated carbocycles. The quantitative estimate of drug-likeness (QED) is 0.843. The van der Waals surface area contributed by atoms with Gasteiger partial charge in [0, 0.05) is 37.8 Å². The van der Waals surface area contributed by atoms with E-state index in [4.69, 9.17) is 4.74 Å². The van der Waals surface area contributed by atoms with Gasteiger partial charge in [-0.05, 0) is 57.3 Å². The second kappa shape index (κ2) is 6.55. The zero-order chi connectivity index (χ0) is 14.9. The lowest BCUT2D eigenvalue weighted by molar-refractivity contribution is -0.0488. The molecule has 0 bridgehead atoms. The third kappa shape index (κ3) is 3.80. The molecule has 122 valence electrons. The first-order valence-corrected chi connectivity index (χ1v) is 9.18. The zero-order valence-corrected chi connectivity index (χ0v) is 14.2. The molecule has 3 heteroatoms. The maximum Gasteiger partial charge on any atom is 0.0702 e. The van der Waals surface area contributed by atoms with Gasteiger partial charge in [0.25, 0.3) is 0 Å². The third-order valence-electron chi connectivity index (χ3n) is 5.82. The van der Waals surface area contributed by atoms with E-state index in [0.717, 1.165) is 25.0 Å². The molecule has 3 atom stereocenters. The van der Waals surface area contributed by atoms with Crippen molar-refractivity contribution in [1.82, 2.24) is 10.2 Å². The molecular formula is C18H34N2O. The van der Waals surface area contributed by atoms with Crippen molar-refractivity contribution in [3.05, 3.63) is 0 Å². The third-order valence-corrected chi connectivity index (χ3v) is 5.82. The molecule has 3 fully saturated rings. The van der Waals surface area contributed by atoms with Crippen molar-refractivity contribution in [2.45, 2.75) is 77.0 Å². The Morgan fingerprint density at radius 2 is 2.05 bits per heavy atom. The molecule has 2 saturated heterocycles. The van der Waals surface area contributed by atoms with Gasteiger partial charge in [0.1, 0.15) is 0 Å². The summed E-state index contributed by atoms with van der Waals surface area (Å²) < 4.78 is 6.03. The summed E-state index contributed by atoms with van der Waals surface area (Å²) in [6.07, 6.45) is 8.50. The highest BCUT2D eigenvalue weighted by Crippen LogP contribution is 2.44. The van der Waals surface area contributed by atoms with Crippen LogP contribution >= 0.6 is 0 Å². The minimum absolute atomic E-state index is 0.369. The van der Waals surface area contributed by atoms with Gasteiger partial charge in [-0.2, -0.15) is 0 Å². The van der Waals surface area contributed by atoms with Crippen LogP contribution in [0.5, 0.6) is 0 Å². The molecule has 2 heterocycles. The molecule has 0 aromatic rings. The summed E-state index contributed by atoms with van der Waals surface area (Å²) in [5.74, 6) is 1.69. The van der Waals surface area contributed by atoms with Crippen LogP contribution in [0.4, 0.5) is 0 Å². The molecule has 1 N–H and O–H groups in total. The summed E-state index contributed by atoms with van der Waals surface area (Å²) in [6, 6.07) is 0.667. The fourth-order valence-corrected chi connectivity index (χ4v) is 4.32. The van der Waals surface area contributed by atoms with Crippen molar-refractivity contribution in [2.24, 2.45) is 11.8 Å². The molecule has 3 aliphatic rings. The van der Waals surface area contributed by atoms with E-state index in [1.165, 1.54) is 51.6 Å². The molecule has 21 heavy (non-hydrogen) atoms. The summed E-state index contributed by atoms with van der Waals surface area (Å²) in [7, 11) is 0. The average molecular weight is 294 g/mol. The predicted molar refractivity (Wildman–Crippen MR) is 87.5 cm³/mol. The Balaban J connectivity index is 1.64. The van der Waals surface area contributed by atoms with Gasteiger partial charge in [-0.25, -0.2) is 0 Å². The highest BCUT2D eigenvalue weighted by molar-refractivity contribution is 5.05. The molecular weight excluding hydrogens is 260 g/mol. The lowest BCUT2D eigenvalue weighted by atomic mass is 9.87. The highest BCUT2D eigenvalue weighted by atomic mass is 16.5. The van der Waals surface area contributed by atoms with Crippen LogP contribution in [0, 0.1) is 11.8 Å². The van der Waals surface area contributed by atoms with Crippen molar-refractivity contribution in [3.8, 4) is 0 Å². The number of hydrogen-bond acceptors (Lipinski definition) is 3. The Morgan fingerprint density at radius 1 is 1.24 bits per heavy atom. The van der Waals surface area contributed by atoms with E-state index in [1.807, 2.05) is 0 Å². The van der Waals surface area contributed by atoms with Crippen LogP contribution < -0.4 is 5.32 Å². The fraction of sp³-hybridized carbons (Fsp3) is 1.00. The molecule has 0 radical (unpaired) electrons. The van der Waals surface area contributed by atoms with E-state index in [9.17, 15) is 0 Å². The van der Waals surface area contributed by atoms with Gasteiger partial charge in [-0.1, -0.05) is 13.8 Å². The van der Waals surface area contributed by atoms with Crippen molar-refractivity contribution in [1.29, 1.82) is 0 Å². The van der Waals surface area contributed by atoms with Gasteiger partial charge in [0.15, 0.2) is 0 Å². The number of nitrogens with zero attached hydrogens (tertiary/aromatic N) is 1. The standard InChI is InChI=1S/C18H34N2O/c1-14(2)10-16-11-20(12-17-6-4-5-9-21-17)18(3,13-19-16)15-7-8-15/h14-17,19H,4-13H2,1-3H3. The monoisotopic (exact) mass is 294 g/mol. The second-order valence-corrected chi connectivity index (χ2v) is 8.23. The van der Waals surface area contributed by atoms with Crippen LogP contribution in [0.2, 0.25) is 0 Å². The van der Waals surface area contributed by atoms with Crippen molar-refractivity contribution in [3.63, 3.8) is 0 Å². The van der Waals surface area contributed by atoms with E-state index >= 15 is 0 Å². The van der Waals surface area contributed by atoms with Gasteiger partial charge >= 0.3 is 0 Å². The van der Waals surface area contributed by atoms with Gasteiger partial charge in [0.05, 0.1) is 6.10 Å². The predicted octanol–water partition coefficient (Wildman–Crippen LogP) is 3.04. The Morgan fingerprint density at radius 3 is 2.67 bits per heavy atom. The summed E-state index contributed by atoms with van der Waals surface area (Å²) in [6.45, 7) is 11.7. The van der Waals surface area contributed by atoms with Crippen LogP contribution in [0.15, 0.2) is 0 Å². The normalized spacial score (nSPS) is 38.9. The number of ether oxygens (including phenoxy) is 1. The molecule has 1 aliphatic carbocycles. The maximum absolute atomic E-state index is 6.03. The molecule has 0 aromatic heterocycles. The lowest BCUT2D eigenvalue weighted by Gasteiger charge is -2.50. The van der Waals surface area contributed by atoms with Crippen molar-refractivity contribution < 1.29 is 4.74 Å². The SMILES string of the molecule is CC(C)CC1CN(CC2CCCCO2)C(C)(C2CC2)CN1. The minimum Gasteiger partial charge on any atom is -0.377 e. The van der Waals surface area contributed by atoms with Crippen LogP contribution in [0.25, 0.3) is 0 Å². The Hall–Kier alpha value is -0.120. The molecule has 2 aliphatic heterocycles.